The molecular weight excluding hydrogens is 396 g/mol. The Morgan fingerprint density at radius 3 is 2.47 bits per heavy atom. The number of hydrogen-bond donors (Lipinski definition) is 0. The minimum atomic E-state index is 0.158. The van der Waals surface area contributed by atoms with Crippen LogP contribution in [0.3, 0.4) is 0 Å². The smallest absolute Gasteiger partial charge is 0.231 e. The van der Waals surface area contributed by atoms with E-state index < -0.39 is 0 Å². The molecule has 0 amide bonds. The highest BCUT2D eigenvalue weighted by Crippen LogP contribution is 2.36. The Bertz CT molecular complexity index is 1030. The molecule has 0 fully saturated rings. The van der Waals surface area contributed by atoms with Crippen molar-refractivity contribution in [2.75, 3.05) is 6.79 Å². The Kier molecular flexibility index (Phi) is 5.86. The molecule has 1 aliphatic heterocycles. The molecule has 0 N–H and O–H groups in total. The van der Waals surface area contributed by atoms with Crippen molar-refractivity contribution in [3.8, 4) is 23.1 Å². The number of rotatable bonds is 6. The van der Waals surface area contributed by atoms with Crippen LogP contribution in [0.25, 0.3) is 0 Å². The molecule has 0 radical (unpaired) electrons. The SMILES string of the molecule is CCc1cc(Oc2ccc3c(c2)OCO3)nc(SCc2ccc(C(C)(C)C)cc2)n1. The van der Waals surface area contributed by atoms with Crippen molar-refractivity contribution in [2.45, 2.75) is 50.4 Å². The third-order valence-electron chi connectivity index (χ3n) is 4.85. The maximum Gasteiger partial charge on any atom is 0.231 e. The molecule has 0 atom stereocenters. The molecule has 3 aromatic rings. The summed E-state index contributed by atoms with van der Waals surface area (Å²) >= 11 is 1.61. The van der Waals surface area contributed by atoms with Crippen molar-refractivity contribution < 1.29 is 14.2 Å². The van der Waals surface area contributed by atoms with E-state index in [0.717, 1.165) is 23.6 Å². The lowest BCUT2D eigenvalue weighted by molar-refractivity contribution is 0.174. The highest BCUT2D eigenvalue weighted by Gasteiger charge is 2.15. The van der Waals surface area contributed by atoms with Gasteiger partial charge in [-0.3, -0.25) is 0 Å². The summed E-state index contributed by atoms with van der Waals surface area (Å²) in [5.41, 5.74) is 3.69. The van der Waals surface area contributed by atoms with Crippen LogP contribution in [0.5, 0.6) is 23.1 Å². The van der Waals surface area contributed by atoms with Crippen molar-refractivity contribution in [3.05, 3.63) is 65.4 Å². The molecule has 156 valence electrons. The minimum absolute atomic E-state index is 0.158. The van der Waals surface area contributed by atoms with E-state index in [1.807, 2.05) is 24.3 Å². The second kappa shape index (κ2) is 8.56. The van der Waals surface area contributed by atoms with Crippen LogP contribution in [0, 0.1) is 0 Å². The molecule has 2 heterocycles. The number of aryl methyl sites for hydroxylation is 1. The van der Waals surface area contributed by atoms with E-state index in [2.05, 4.69) is 61.9 Å². The average molecular weight is 423 g/mol. The van der Waals surface area contributed by atoms with E-state index in [1.165, 1.54) is 11.1 Å². The number of ether oxygens (including phenoxy) is 3. The van der Waals surface area contributed by atoms with Gasteiger partial charge in [0.25, 0.3) is 0 Å². The van der Waals surface area contributed by atoms with Crippen molar-refractivity contribution in [3.63, 3.8) is 0 Å². The van der Waals surface area contributed by atoms with Gasteiger partial charge >= 0.3 is 0 Å². The van der Waals surface area contributed by atoms with Gasteiger partial charge in [0.2, 0.25) is 12.7 Å². The number of aromatic nitrogens is 2. The summed E-state index contributed by atoms with van der Waals surface area (Å²) in [5.74, 6) is 3.42. The molecule has 5 nitrogen and oxygen atoms in total. The van der Waals surface area contributed by atoms with Crippen LogP contribution in [-0.4, -0.2) is 16.8 Å². The van der Waals surface area contributed by atoms with E-state index in [1.54, 1.807) is 11.8 Å². The quantitative estimate of drug-likeness (QED) is 0.351. The minimum Gasteiger partial charge on any atom is -0.454 e. The molecular formula is C24H26N2O3S. The van der Waals surface area contributed by atoms with Gasteiger partial charge in [0.05, 0.1) is 0 Å². The van der Waals surface area contributed by atoms with Gasteiger partial charge in [-0.2, -0.15) is 4.98 Å². The van der Waals surface area contributed by atoms with Crippen molar-refractivity contribution in [2.24, 2.45) is 0 Å². The lowest BCUT2D eigenvalue weighted by Crippen LogP contribution is -2.10. The molecule has 2 aromatic carbocycles. The third-order valence-corrected chi connectivity index (χ3v) is 5.77. The molecule has 30 heavy (non-hydrogen) atoms. The Balaban J connectivity index is 1.47. The lowest BCUT2D eigenvalue weighted by Gasteiger charge is -2.19. The van der Waals surface area contributed by atoms with Crippen LogP contribution in [0.4, 0.5) is 0 Å². The highest BCUT2D eigenvalue weighted by molar-refractivity contribution is 7.98. The predicted octanol–water partition coefficient (Wildman–Crippen LogP) is 6.15. The summed E-state index contributed by atoms with van der Waals surface area (Å²) in [6.45, 7) is 8.99. The van der Waals surface area contributed by atoms with Gasteiger partial charge in [0.15, 0.2) is 16.7 Å². The number of hydrogen-bond acceptors (Lipinski definition) is 6. The summed E-state index contributed by atoms with van der Waals surface area (Å²) in [4.78, 5) is 9.25. The second-order valence-electron chi connectivity index (χ2n) is 8.19. The Morgan fingerprint density at radius 2 is 1.73 bits per heavy atom. The first kappa shape index (κ1) is 20.5. The summed E-state index contributed by atoms with van der Waals surface area (Å²) in [6, 6.07) is 16.2. The number of benzene rings is 2. The number of thioether (sulfide) groups is 1. The van der Waals surface area contributed by atoms with Crippen molar-refractivity contribution in [1.29, 1.82) is 0 Å². The normalized spacial score (nSPS) is 12.8. The van der Waals surface area contributed by atoms with Gasteiger partial charge in [0, 0.05) is 23.6 Å². The largest absolute Gasteiger partial charge is 0.454 e. The standard InChI is InChI=1S/C24H26N2O3S/c1-5-18-12-22(29-19-10-11-20-21(13-19)28-15-27-20)26-23(25-18)30-14-16-6-8-17(9-7-16)24(2,3)4/h6-13H,5,14-15H2,1-4H3. The summed E-state index contributed by atoms with van der Waals surface area (Å²) in [5, 5.41) is 0.713. The van der Waals surface area contributed by atoms with Gasteiger partial charge in [-0.15, -0.1) is 0 Å². The Labute approximate surface area is 181 Å². The molecule has 0 aliphatic carbocycles. The van der Waals surface area contributed by atoms with Gasteiger partial charge in [-0.1, -0.05) is 63.7 Å². The van der Waals surface area contributed by atoms with Crippen LogP contribution in [0.1, 0.15) is 44.5 Å². The zero-order valence-electron chi connectivity index (χ0n) is 17.8. The number of nitrogens with zero attached hydrogens (tertiary/aromatic N) is 2. The van der Waals surface area contributed by atoms with Gasteiger partial charge in [0.1, 0.15) is 5.75 Å². The fraction of sp³-hybridized carbons (Fsp3) is 0.333. The predicted molar refractivity (Wildman–Crippen MR) is 119 cm³/mol. The van der Waals surface area contributed by atoms with Gasteiger partial charge in [-0.05, 0) is 35.1 Å². The summed E-state index contributed by atoms with van der Waals surface area (Å²) in [7, 11) is 0. The molecule has 0 spiro atoms. The average Bonchev–Trinajstić information content (AvgIpc) is 3.19. The Hall–Kier alpha value is -2.73. The zero-order valence-corrected chi connectivity index (χ0v) is 18.6. The van der Waals surface area contributed by atoms with Crippen LogP contribution in [0.2, 0.25) is 0 Å². The lowest BCUT2D eigenvalue weighted by atomic mass is 9.87. The molecule has 0 saturated carbocycles. The first-order valence-electron chi connectivity index (χ1n) is 10.1. The van der Waals surface area contributed by atoms with E-state index in [4.69, 9.17) is 14.2 Å². The fourth-order valence-corrected chi connectivity index (χ4v) is 3.88. The summed E-state index contributed by atoms with van der Waals surface area (Å²) < 4.78 is 16.8. The molecule has 4 rings (SSSR count). The van der Waals surface area contributed by atoms with E-state index in [0.29, 0.717) is 22.5 Å². The molecule has 0 bridgehead atoms. The summed E-state index contributed by atoms with van der Waals surface area (Å²) in [6.07, 6.45) is 0.813. The molecule has 1 aromatic heterocycles. The van der Waals surface area contributed by atoms with Crippen LogP contribution in [-0.2, 0) is 17.6 Å². The van der Waals surface area contributed by atoms with E-state index >= 15 is 0 Å². The zero-order chi connectivity index (χ0) is 21.1. The van der Waals surface area contributed by atoms with E-state index in [9.17, 15) is 0 Å². The van der Waals surface area contributed by atoms with Crippen LogP contribution >= 0.6 is 11.8 Å². The first-order chi connectivity index (χ1) is 14.4. The Morgan fingerprint density at radius 1 is 0.967 bits per heavy atom. The topological polar surface area (TPSA) is 53.5 Å². The van der Waals surface area contributed by atoms with E-state index in [-0.39, 0.29) is 12.2 Å². The van der Waals surface area contributed by atoms with Gasteiger partial charge < -0.3 is 14.2 Å². The molecule has 0 saturated heterocycles. The van der Waals surface area contributed by atoms with Crippen LogP contribution < -0.4 is 14.2 Å². The maximum atomic E-state index is 5.99. The fourth-order valence-electron chi connectivity index (χ4n) is 3.06. The van der Waals surface area contributed by atoms with Crippen molar-refractivity contribution in [1.82, 2.24) is 9.97 Å². The monoisotopic (exact) mass is 422 g/mol. The molecule has 1 aliphatic rings. The van der Waals surface area contributed by atoms with Crippen LogP contribution in [0.15, 0.2) is 53.7 Å². The highest BCUT2D eigenvalue weighted by atomic mass is 32.2. The molecule has 0 unspecified atom stereocenters. The third kappa shape index (κ3) is 4.87. The first-order valence-corrected chi connectivity index (χ1v) is 11.1. The van der Waals surface area contributed by atoms with Gasteiger partial charge in [-0.25, -0.2) is 4.98 Å². The number of fused-ring (bicyclic) bond motifs is 1. The van der Waals surface area contributed by atoms with Crippen molar-refractivity contribution >= 4 is 11.8 Å². The second-order valence-corrected chi connectivity index (χ2v) is 9.13. The molecule has 6 heteroatoms. The maximum absolute atomic E-state index is 5.99.